The normalized spacial score (nSPS) is 10.2. The number of hydrogen-bond acceptors (Lipinski definition) is 3. The predicted octanol–water partition coefficient (Wildman–Crippen LogP) is -0.645. The Balaban J connectivity index is 4.24. The van der Waals surface area contributed by atoms with Gasteiger partial charge in [-0.2, -0.15) is 0 Å². The molecule has 0 heterocycles. The number of carbonyl (C=O) groups excluding carboxylic acids is 2. The molecule has 0 aliphatic rings. The largest absolute Gasteiger partial charge is 0.375 e. The van der Waals surface area contributed by atoms with E-state index in [1.165, 1.54) is 12.0 Å². The van der Waals surface area contributed by atoms with Crippen molar-refractivity contribution >= 4 is 11.8 Å². The van der Waals surface area contributed by atoms with E-state index < -0.39 is 5.91 Å². The molecule has 0 aliphatic carbocycles. The summed E-state index contributed by atoms with van der Waals surface area (Å²) in [6.45, 7) is 3.55. The maximum atomic E-state index is 11.3. The first-order valence-corrected chi connectivity index (χ1v) is 4.05. The molecular weight excluding hydrogens is 172 g/mol. The highest BCUT2D eigenvalue weighted by Gasteiger charge is 2.17. The molecule has 2 amide bonds. The first-order valence-electron chi connectivity index (χ1n) is 4.05. The first kappa shape index (κ1) is 11.9. The fraction of sp³-hybridized carbons (Fsp3) is 0.750. The maximum absolute atomic E-state index is 11.3. The Morgan fingerprint density at radius 3 is 2.31 bits per heavy atom. The molecule has 2 N–H and O–H groups in total. The molecule has 0 aromatic heterocycles. The quantitative estimate of drug-likeness (QED) is 0.623. The highest BCUT2D eigenvalue weighted by atomic mass is 16.5. The van der Waals surface area contributed by atoms with Gasteiger partial charge in [0.25, 0.3) is 0 Å². The lowest BCUT2D eigenvalue weighted by Gasteiger charge is -2.24. The fourth-order valence-electron chi connectivity index (χ4n) is 0.933. The number of rotatable bonds is 5. The monoisotopic (exact) mass is 188 g/mol. The predicted molar refractivity (Wildman–Crippen MR) is 47.9 cm³/mol. The maximum Gasteiger partial charge on any atom is 0.249 e. The third-order valence-electron chi connectivity index (χ3n) is 1.54. The van der Waals surface area contributed by atoms with E-state index in [2.05, 4.69) is 4.74 Å². The Morgan fingerprint density at radius 2 is 2.00 bits per heavy atom. The minimum atomic E-state index is -0.516. The van der Waals surface area contributed by atoms with Gasteiger partial charge in [-0.15, -0.1) is 0 Å². The standard InChI is InChI=1S/C8H16N2O3/c1-6(2)10(4-7(9)11)8(12)5-13-3/h6H,4-5H2,1-3H3,(H2,9,11). The van der Waals surface area contributed by atoms with Crippen LogP contribution in [0.25, 0.3) is 0 Å². The molecule has 0 radical (unpaired) electrons. The van der Waals surface area contributed by atoms with E-state index in [1.54, 1.807) is 0 Å². The molecule has 5 nitrogen and oxygen atoms in total. The smallest absolute Gasteiger partial charge is 0.249 e. The van der Waals surface area contributed by atoms with Gasteiger partial charge in [0, 0.05) is 13.2 Å². The van der Waals surface area contributed by atoms with E-state index in [4.69, 9.17) is 5.73 Å². The highest BCUT2D eigenvalue weighted by molar-refractivity contribution is 5.84. The SMILES string of the molecule is COCC(=O)N(CC(N)=O)C(C)C. The van der Waals surface area contributed by atoms with Crippen LogP contribution in [0.2, 0.25) is 0 Å². The fourth-order valence-corrected chi connectivity index (χ4v) is 0.933. The molecule has 0 rings (SSSR count). The summed E-state index contributed by atoms with van der Waals surface area (Å²) in [7, 11) is 1.43. The molecule has 0 aromatic carbocycles. The van der Waals surface area contributed by atoms with Gasteiger partial charge in [0.2, 0.25) is 11.8 Å². The van der Waals surface area contributed by atoms with Gasteiger partial charge in [-0.1, -0.05) is 0 Å². The van der Waals surface area contributed by atoms with Gasteiger partial charge in [-0.25, -0.2) is 0 Å². The van der Waals surface area contributed by atoms with Crippen LogP contribution in [-0.4, -0.2) is 43.0 Å². The summed E-state index contributed by atoms with van der Waals surface area (Å²) in [6.07, 6.45) is 0. The van der Waals surface area contributed by atoms with Crippen molar-refractivity contribution in [3.8, 4) is 0 Å². The molecular formula is C8H16N2O3. The van der Waals surface area contributed by atoms with E-state index in [9.17, 15) is 9.59 Å². The van der Waals surface area contributed by atoms with Crippen molar-refractivity contribution < 1.29 is 14.3 Å². The van der Waals surface area contributed by atoms with Crippen LogP contribution in [0.5, 0.6) is 0 Å². The molecule has 0 saturated carbocycles. The van der Waals surface area contributed by atoms with Crippen LogP contribution < -0.4 is 5.73 Å². The lowest BCUT2D eigenvalue weighted by atomic mass is 10.3. The van der Waals surface area contributed by atoms with Crippen molar-refractivity contribution in [1.82, 2.24) is 4.90 Å². The summed E-state index contributed by atoms with van der Waals surface area (Å²) < 4.78 is 4.67. The summed E-state index contributed by atoms with van der Waals surface area (Å²) in [5, 5.41) is 0. The van der Waals surface area contributed by atoms with Crippen LogP contribution in [-0.2, 0) is 14.3 Å². The number of nitrogens with two attached hydrogens (primary N) is 1. The Kier molecular flexibility index (Phi) is 5.06. The molecule has 0 fully saturated rings. The third-order valence-corrected chi connectivity index (χ3v) is 1.54. The average Bonchev–Trinajstić information content (AvgIpc) is 1.99. The Hall–Kier alpha value is -1.10. The Morgan fingerprint density at radius 1 is 1.46 bits per heavy atom. The van der Waals surface area contributed by atoms with Crippen molar-refractivity contribution in [2.75, 3.05) is 20.3 Å². The van der Waals surface area contributed by atoms with Crippen molar-refractivity contribution in [2.45, 2.75) is 19.9 Å². The van der Waals surface area contributed by atoms with Gasteiger partial charge in [0.1, 0.15) is 6.61 Å². The molecule has 0 unspecified atom stereocenters. The Bertz CT molecular complexity index is 192. The molecule has 0 spiro atoms. The minimum absolute atomic E-state index is 0.0224. The number of methoxy groups -OCH3 is 1. The second-order valence-electron chi connectivity index (χ2n) is 3.01. The van der Waals surface area contributed by atoms with E-state index >= 15 is 0 Å². The van der Waals surface area contributed by atoms with Crippen LogP contribution in [0.4, 0.5) is 0 Å². The van der Waals surface area contributed by atoms with Crippen LogP contribution in [0, 0.1) is 0 Å². The highest BCUT2D eigenvalue weighted by Crippen LogP contribution is 1.98. The van der Waals surface area contributed by atoms with Gasteiger partial charge in [0.15, 0.2) is 0 Å². The summed E-state index contributed by atoms with van der Waals surface area (Å²) in [5.74, 6) is -0.741. The number of nitrogens with zero attached hydrogens (tertiary/aromatic N) is 1. The van der Waals surface area contributed by atoms with E-state index in [0.29, 0.717) is 0 Å². The van der Waals surface area contributed by atoms with Crippen molar-refractivity contribution in [2.24, 2.45) is 5.73 Å². The van der Waals surface area contributed by atoms with Gasteiger partial charge >= 0.3 is 0 Å². The summed E-state index contributed by atoms with van der Waals surface area (Å²) in [5.41, 5.74) is 4.99. The molecule has 76 valence electrons. The zero-order valence-corrected chi connectivity index (χ0v) is 8.24. The topological polar surface area (TPSA) is 72.6 Å². The van der Waals surface area contributed by atoms with Crippen LogP contribution in [0.3, 0.4) is 0 Å². The number of ether oxygens (including phenoxy) is 1. The number of hydrogen-bond donors (Lipinski definition) is 1. The zero-order valence-electron chi connectivity index (χ0n) is 8.24. The van der Waals surface area contributed by atoms with Crippen molar-refractivity contribution in [3.05, 3.63) is 0 Å². The molecule has 5 heteroatoms. The summed E-state index contributed by atoms with van der Waals surface area (Å²) in [6, 6.07) is -0.0462. The minimum Gasteiger partial charge on any atom is -0.375 e. The zero-order chi connectivity index (χ0) is 10.4. The number of primary amides is 1. The lowest BCUT2D eigenvalue weighted by Crippen LogP contribution is -2.44. The average molecular weight is 188 g/mol. The summed E-state index contributed by atoms with van der Waals surface area (Å²) >= 11 is 0. The second kappa shape index (κ2) is 5.53. The van der Waals surface area contributed by atoms with E-state index in [0.717, 1.165) is 0 Å². The molecule has 0 saturated heterocycles. The Labute approximate surface area is 77.8 Å². The second-order valence-corrected chi connectivity index (χ2v) is 3.01. The summed E-state index contributed by atoms with van der Waals surface area (Å²) in [4.78, 5) is 23.3. The number of carbonyl (C=O) groups is 2. The molecule has 0 aliphatic heterocycles. The van der Waals surface area contributed by atoms with Gasteiger partial charge in [0.05, 0.1) is 6.54 Å². The van der Waals surface area contributed by atoms with Crippen LogP contribution in [0.1, 0.15) is 13.8 Å². The van der Waals surface area contributed by atoms with Gasteiger partial charge in [-0.3, -0.25) is 9.59 Å². The molecule has 0 bridgehead atoms. The van der Waals surface area contributed by atoms with Crippen LogP contribution >= 0.6 is 0 Å². The van der Waals surface area contributed by atoms with Crippen LogP contribution in [0.15, 0.2) is 0 Å². The van der Waals surface area contributed by atoms with Crippen molar-refractivity contribution in [1.29, 1.82) is 0 Å². The molecule has 13 heavy (non-hydrogen) atoms. The van der Waals surface area contributed by atoms with E-state index in [-0.39, 0.29) is 25.1 Å². The lowest BCUT2D eigenvalue weighted by molar-refractivity contribution is -0.140. The van der Waals surface area contributed by atoms with Gasteiger partial charge in [-0.05, 0) is 13.8 Å². The third kappa shape index (κ3) is 4.47. The first-order chi connectivity index (χ1) is 5.99. The van der Waals surface area contributed by atoms with E-state index in [1.807, 2.05) is 13.8 Å². The molecule has 0 atom stereocenters. The number of amides is 2. The van der Waals surface area contributed by atoms with Crippen molar-refractivity contribution in [3.63, 3.8) is 0 Å². The molecule has 0 aromatic rings. The van der Waals surface area contributed by atoms with Gasteiger partial charge < -0.3 is 15.4 Å².